The molecule has 0 aliphatic heterocycles. The number of hydrogen-bond acceptors (Lipinski definition) is 5. The Labute approximate surface area is 165 Å². The molecule has 0 atom stereocenters. The number of pyridine rings is 1. The Hall–Kier alpha value is -3.12. The van der Waals surface area contributed by atoms with Crippen LogP contribution in [0.2, 0.25) is 0 Å². The van der Waals surface area contributed by atoms with Gasteiger partial charge in [-0.1, -0.05) is 48.0 Å². The zero-order valence-corrected chi connectivity index (χ0v) is 16.4. The molecule has 2 heterocycles. The van der Waals surface area contributed by atoms with Crippen molar-refractivity contribution in [2.24, 2.45) is 0 Å². The summed E-state index contributed by atoms with van der Waals surface area (Å²) in [6.45, 7) is 4.29. The van der Waals surface area contributed by atoms with Crippen LogP contribution >= 0.6 is 11.3 Å². The molecule has 1 N–H and O–H groups in total. The van der Waals surface area contributed by atoms with Crippen molar-refractivity contribution in [3.05, 3.63) is 74.9 Å². The Morgan fingerprint density at radius 3 is 2.57 bits per heavy atom. The van der Waals surface area contributed by atoms with E-state index in [4.69, 9.17) is 4.74 Å². The number of benzene rings is 2. The molecule has 2 aromatic carbocycles. The zero-order valence-electron chi connectivity index (χ0n) is 15.6. The number of carbonyl (C=O) groups is 1. The third-order valence-corrected chi connectivity index (χ3v) is 5.90. The first-order valence-electron chi connectivity index (χ1n) is 9.01. The first-order chi connectivity index (χ1) is 13.5. The second kappa shape index (κ2) is 7.13. The van der Waals surface area contributed by atoms with Gasteiger partial charge in [0.25, 0.3) is 5.56 Å². The van der Waals surface area contributed by atoms with Crippen LogP contribution in [-0.2, 0) is 11.3 Å². The van der Waals surface area contributed by atoms with Crippen LogP contribution < -0.4 is 5.56 Å². The van der Waals surface area contributed by atoms with E-state index < -0.39 is 5.97 Å². The number of para-hydroxylation sites is 1. The Morgan fingerprint density at radius 2 is 1.86 bits per heavy atom. The smallest absolute Gasteiger partial charge is 0.352 e. The van der Waals surface area contributed by atoms with Crippen LogP contribution in [0.25, 0.3) is 21.0 Å². The van der Waals surface area contributed by atoms with Crippen molar-refractivity contribution in [3.8, 4) is 5.75 Å². The molecule has 5 nitrogen and oxygen atoms in total. The van der Waals surface area contributed by atoms with E-state index in [1.165, 1.54) is 0 Å². The van der Waals surface area contributed by atoms with Crippen molar-refractivity contribution >= 4 is 38.3 Å². The van der Waals surface area contributed by atoms with Gasteiger partial charge in [-0.15, -0.1) is 11.3 Å². The number of esters is 1. The van der Waals surface area contributed by atoms with Crippen LogP contribution in [0.5, 0.6) is 5.75 Å². The summed E-state index contributed by atoms with van der Waals surface area (Å²) in [7, 11) is 0. The molecule has 0 unspecified atom stereocenters. The fourth-order valence-electron chi connectivity index (χ4n) is 3.32. The van der Waals surface area contributed by atoms with E-state index in [9.17, 15) is 14.7 Å². The van der Waals surface area contributed by atoms with Gasteiger partial charge < -0.3 is 14.4 Å². The van der Waals surface area contributed by atoms with Gasteiger partial charge in [0, 0.05) is 5.39 Å². The van der Waals surface area contributed by atoms with E-state index in [2.05, 4.69) is 0 Å². The molecule has 4 aromatic rings. The molecular weight excluding hydrogens is 374 g/mol. The van der Waals surface area contributed by atoms with Crippen LogP contribution in [-0.4, -0.2) is 22.2 Å². The highest BCUT2D eigenvalue weighted by Gasteiger charge is 2.24. The maximum absolute atomic E-state index is 13.3. The minimum absolute atomic E-state index is 0.0622. The lowest BCUT2D eigenvalue weighted by Gasteiger charge is -2.12. The fourth-order valence-corrected chi connectivity index (χ4v) is 4.44. The summed E-state index contributed by atoms with van der Waals surface area (Å²) in [5.74, 6) is -0.915. The molecular formula is C22H19NO4S. The number of nitrogens with zero attached hydrogens (tertiary/aromatic N) is 1. The summed E-state index contributed by atoms with van der Waals surface area (Å²) in [6.07, 6.45) is 0. The summed E-state index contributed by atoms with van der Waals surface area (Å²) < 4.78 is 7.27. The number of carbonyl (C=O) groups excluding carboxylic acids is 1. The van der Waals surface area contributed by atoms with Gasteiger partial charge in [0.05, 0.1) is 23.4 Å². The summed E-state index contributed by atoms with van der Waals surface area (Å²) >= 11 is 1.09. The lowest BCUT2D eigenvalue weighted by atomic mass is 10.1. The van der Waals surface area contributed by atoms with Crippen molar-refractivity contribution in [2.75, 3.05) is 6.61 Å². The van der Waals surface area contributed by atoms with E-state index in [1.54, 1.807) is 11.5 Å². The highest BCUT2D eigenvalue weighted by molar-refractivity contribution is 7.22. The van der Waals surface area contributed by atoms with Gasteiger partial charge in [0.15, 0.2) is 10.6 Å². The Balaban J connectivity index is 2.00. The predicted octanol–water partition coefficient (Wildman–Crippen LogP) is 4.46. The first kappa shape index (κ1) is 18.3. The average molecular weight is 393 g/mol. The number of rotatable bonds is 4. The van der Waals surface area contributed by atoms with Gasteiger partial charge >= 0.3 is 5.97 Å². The number of aryl methyl sites for hydroxylation is 1. The van der Waals surface area contributed by atoms with E-state index in [1.807, 2.05) is 55.5 Å². The number of fused-ring (bicyclic) bond motifs is 3. The summed E-state index contributed by atoms with van der Waals surface area (Å²) in [5, 5.41) is 11.6. The largest absolute Gasteiger partial charge is 0.505 e. The molecule has 4 rings (SSSR count). The molecule has 28 heavy (non-hydrogen) atoms. The Kier molecular flexibility index (Phi) is 4.65. The van der Waals surface area contributed by atoms with Crippen LogP contribution in [0.1, 0.15) is 27.7 Å². The quantitative estimate of drug-likeness (QED) is 0.520. The second-order valence-electron chi connectivity index (χ2n) is 6.60. The molecule has 0 spiro atoms. The molecule has 0 radical (unpaired) electrons. The SMILES string of the molecule is CCOC(=O)c1sc2c(c1O)c(=O)n(Cc1ccc(C)cc1)c1ccccc21. The molecule has 142 valence electrons. The molecule has 0 bridgehead atoms. The minimum atomic E-state index is -0.616. The zero-order chi connectivity index (χ0) is 19.8. The highest BCUT2D eigenvalue weighted by Crippen LogP contribution is 2.39. The van der Waals surface area contributed by atoms with Crippen molar-refractivity contribution in [1.82, 2.24) is 4.57 Å². The summed E-state index contributed by atoms with van der Waals surface area (Å²) in [4.78, 5) is 25.6. The Bertz CT molecular complexity index is 1250. The number of thiophene rings is 1. The summed E-state index contributed by atoms with van der Waals surface area (Å²) in [5.41, 5.74) is 2.57. The van der Waals surface area contributed by atoms with Crippen LogP contribution in [0.15, 0.2) is 53.3 Å². The van der Waals surface area contributed by atoms with Crippen molar-refractivity contribution in [1.29, 1.82) is 0 Å². The van der Waals surface area contributed by atoms with E-state index in [0.717, 1.165) is 33.4 Å². The molecule has 2 aromatic heterocycles. The molecule has 0 aliphatic rings. The highest BCUT2D eigenvalue weighted by atomic mass is 32.1. The lowest BCUT2D eigenvalue weighted by molar-refractivity contribution is 0.0529. The predicted molar refractivity (Wildman–Crippen MR) is 111 cm³/mol. The summed E-state index contributed by atoms with van der Waals surface area (Å²) in [6, 6.07) is 15.5. The maximum atomic E-state index is 13.3. The number of aromatic hydroxyl groups is 1. The number of aromatic nitrogens is 1. The molecule has 0 fully saturated rings. The molecule has 6 heteroatoms. The van der Waals surface area contributed by atoms with Gasteiger partial charge in [-0.05, 0) is 25.5 Å². The monoisotopic (exact) mass is 393 g/mol. The van der Waals surface area contributed by atoms with E-state index in [-0.39, 0.29) is 28.2 Å². The molecule has 0 saturated carbocycles. The van der Waals surface area contributed by atoms with Gasteiger partial charge in [0.1, 0.15) is 5.39 Å². The average Bonchev–Trinajstić information content (AvgIpc) is 3.04. The first-order valence-corrected chi connectivity index (χ1v) is 9.82. The van der Waals surface area contributed by atoms with Gasteiger partial charge in [0.2, 0.25) is 0 Å². The van der Waals surface area contributed by atoms with Crippen molar-refractivity contribution in [2.45, 2.75) is 20.4 Å². The number of ether oxygens (including phenoxy) is 1. The third-order valence-electron chi connectivity index (χ3n) is 4.70. The van der Waals surface area contributed by atoms with Crippen LogP contribution in [0, 0.1) is 6.92 Å². The van der Waals surface area contributed by atoms with Gasteiger partial charge in [-0.25, -0.2) is 4.79 Å². The number of hydrogen-bond donors (Lipinski definition) is 1. The minimum Gasteiger partial charge on any atom is -0.505 e. The third kappa shape index (κ3) is 2.96. The Morgan fingerprint density at radius 1 is 1.14 bits per heavy atom. The van der Waals surface area contributed by atoms with Crippen molar-refractivity contribution < 1.29 is 14.6 Å². The van der Waals surface area contributed by atoms with Gasteiger partial charge in [-0.2, -0.15) is 0 Å². The fraction of sp³-hybridized carbons (Fsp3) is 0.182. The van der Waals surface area contributed by atoms with E-state index >= 15 is 0 Å². The van der Waals surface area contributed by atoms with Crippen LogP contribution in [0.3, 0.4) is 0 Å². The molecule has 0 amide bonds. The van der Waals surface area contributed by atoms with Crippen LogP contribution in [0.4, 0.5) is 0 Å². The van der Waals surface area contributed by atoms with Crippen molar-refractivity contribution in [3.63, 3.8) is 0 Å². The van der Waals surface area contributed by atoms with Gasteiger partial charge in [-0.3, -0.25) is 4.79 Å². The molecule has 0 aliphatic carbocycles. The lowest BCUT2D eigenvalue weighted by Crippen LogP contribution is -2.21. The standard InChI is InChI=1S/C22H19NO4S/c1-3-27-22(26)20-18(24)17-19(28-20)15-6-4-5-7-16(15)23(21(17)25)12-14-10-8-13(2)9-11-14/h4-11,24H,3,12H2,1-2H3. The maximum Gasteiger partial charge on any atom is 0.352 e. The van der Waals surface area contributed by atoms with E-state index in [0.29, 0.717) is 11.2 Å². The second-order valence-corrected chi connectivity index (χ2v) is 7.62. The normalized spacial score (nSPS) is 11.2. The molecule has 0 saturated heterocycles. The topological polar surface area (TPSA) is 68.5 Å².